The number of fused-ring (bicyclic) bond motifs is 1. The van der Waals surface area contributed by atoms with Crippen LogP contribution in [-0.4, -0.2) is 76.3 Å². The van der Waals surface area contributed by atoms with Gasteiger partial charge in [0.05, 0.1) is 23.9 Å². The highest BCUT2D eigenvalue weighted by atomic mass is 16.5. The van der Waals surface area contributed by atoms with Crippen molar-refractivity contribution in [2.75, 3.05) is 6.54 Å². The number of likely N-dealkylation sites (tertiary alicyclic amines) is 1. The molecule has 6 rings (SSSR count). The molecule has 49 heavy (non-hydrogen) atoms. The number of imidazole rings is 1. The summed E-state index contributed by atoms with van der Waals surface area (Å²) in [6.07, 6.45) is 5.92. The molecule has 1 aliphatic heterocycles. The zero-order valence-corrected chi connectivity index (χ0v) is 28.4. The standard InChI is InChI=1S/C37H43N7O5/c1-5-6-7-8-13-32(35(45)43-22-27(21-33(43)36(46)47)48-25-15-17-26(18-16-25)49-37(2,3)4)44-23-38-30-20-24(14-19-31(30)44)28-11-9-10-12-29(28)34-39-41-42-40-34/h9-12,14-20,23,27,32-33H,5-8,13,21-22H2,1-4H3,(H,46,47)(H,39,40,41,42). The van der Waals surface area contributed by atoms with Crippen LogP contribution in [0.5, 0.6) is 11.5 Å². The van der Waals surface area contributed by atoms with Gasteiger partial charge in [0.1, 0.15) is 35.3 Å². The van der Waals surface area contributed by atoms with Crippen molar-refractivity contribution >= 4 is 22.9 Å². The Morgan fingerprint density at radius 2 is 1.76 bits per heavy atom. The van der Waals surface area contributed by atoms with E-state index in [-0.39, 0.29) is 24.5 Å². The summed E-state index contributed by atoms with van der Waals surface area (Å²) in [5.41, 5.74) is 3.87. The van der Waals surface area contributed by atoms with Gasteiger partial charge in [-0.15, -0.1) is 10.2 Å². The first-order valence-electron chi connectivity index (χ1n) is 16.9. The molecule has 0 aliphatic carbocycles. The molecular weight excluding hydrogens is 622 g/mol. The van der Waals surface area contributed by atoms with Gasteiger partial charge in [0, 0.05) is 12.0 Å². The zero-order chi connectivity index (χ0) is 34.5. The number of hydrogen-bond acceptors (Lipinski definition) is 8. The predicted molar refractivity (Wildman–Crippen MR) is 185 cm³/mol. The number of aliphatic carboxylic acids is 1. The minimum absolute atomic E-state index is 0.172. The van der Waals surface area contributed by atoms with E-state index in [1.165, 1.54) is 4.90 Å². The number of benzene rings is 3. The Labute approximate surface area is 285 Å². The van der Waals surface area contributed by atoms with Crippen LogP contribution in [0.3, 0.4) is 0 Å². The highest BCUT2D eigenvalue weighted by Gasteiger charge is 2.43. The molecule has 2 aromatic heterocycles. The van der Waals surface area contributed by atoms with E-state index < -0.39 is 24.2 Å². The van der Waals surface area contributed by atoms with E-state index >= 15 is 0 Å². The van der Waals surface area contributed by atoms with Gasteiger partial charge in [0.2, 0.25) is 11.7 Å². The molecule has 3 unspecified atom stereocenters. The van der Waals surface area contributed by atoms with Crippen LogP contribution in [0.4, 0.5) is 0 Å². The van der Waals surface area contributed by atoms with Crippen molar-refractivity contribution in [3.05, 3.63) is 73.1 Å². The number of H-pyrrole nitrogens is 1. The first kappa shape index (κ1) is 33.6. The van der Waals surface area contributed by atoms with Crippen molar-refractivity contribution in [2.45, 2.75) is 90.0 Å². The number of carbonyl (C=O) groups is 2. The molecule has 1 amide bonds. The molecule has 1 fully saturated rings. The van der Waals surface area contributed by atoms with E-state index in [0.29, 0.717) is 23.7 Å². The van der Waals surface area contributed by atoms with Gasteiger partial charge >= 0.3 is 5.97 Å². The van der Waals surface area contributed by atoms with Crippen LogP contribution in [0.1, 0.15) is 72.3 Å². The minimum Gasteiger partial charge on any atom is -0.488 e. The molecule has 1 saturated heterocycles. The number of carbonyl (C=O) groups excluding carboxylic acids is 1. The van der Waals surface area contributed by atoms with E-state index in [1.807, 2.05) is 92.1 Å². The van der Waals surface area contributed by atoms with E-state index in [9.17, 15) is 14.7 Å². The lowest BCUT2D eigenvalue weighted by Crippen LogP contribution is -2.44. The number of hydrogen-bond donors (Lipinski definition) is 2. The quantitative estimate of drug-likeness (QED) is 0.131. The Kier molecular flexibility index (Phi) is 9.93. The molecule has 3 aromatic carbocycles. The number of carboxylic acids is 1. The van der Waals surface area contributed by atoms with Gasteiger partial charge in [-0.1, -0.05) is 62.9 Å². The third kappa shape index (κ3) is 7.74. The molecule has 3 atom stereocenters. The maximum atomic E-state index is 14.4. The number of nitrogens with zero attached hydrogens (tertiary/aromatic N) is 6. The molecule has 0 saturated carbocycles. The number of carboxylic acid groups (broad SMARTS) is 1. The molecular formula is C37H43N7O5. The summed E-state index contributed by atoms with van der Waals surface area (Å²) in [6.45, 7) is 8.26. The number of unbranched alkanes of at least 4 members (excludes halogenated alkanes) is 3. The average Bonchev–Trinajstić information content (AvgIpc) is 3.85. The Morgan fingerprint density at radius 1 is 1.00 bits per heavy atom. The third-order valence-electron chi connectivity index (χ3n) is 8.73. The number of nitrogens with one attached hydrogen (secondary N) is 1. The van der Waals surface area contributed by atoms with Crippen molar-refractivity contribution in [3.8, 4) is 34.0 Å². The lowest BCUT2D eigenvalue weighted by Gasteiger charge is -2.28. The lowest BCUT2D eigenvalue weighted by atomic mass is 9.98. The maximum Gasteiger partial charge on any atom is 0.326 e. The van der Waals surface area contributed by atoms with Crippen molar-refractivity contribution in [1.29, 1.82) is 0 Å². The smallest absolute Gasteiger partial charge is 0.326 e. The topological polar surface area (TPSA) is 148 Å². The highest BCUT2D eigenvalue weighted by Crippen LogP contribution is 2.34. The Balaban J connectivity index is 1.26. The Hall–Kier alpha value is -5.26. The molecule has 3 heterocycles. The van der Waals surface area contributed by atoms with Gasteiger partial charge in [-0.05, 0) is 79.9 Å². The Morgan fingerprint density at radius 3 is 2.45 bits per heavy atom. The highest BCUT2D eigenvalue weighted by molar-refractivity contribution is 5.90. The molecule has 1 aliphatic rings. The summed E-state index contributed by atoms with van der Waals surface area (Å²) in [5, 5.41) is 24.8. The van der Waals surface area contributed by atoms with Gasteiger partial charge in [-0.2, -0.15) is 5.21 Å². The van der Waals surface area contributed by atoms with E-state index in [4.69, 9.17) is 14.5 Å². The first-order valence-corrected chi connectivity index (χ1v) is 16.9. The van der Waals surface area contributed by atoms with Gasteiger partial charge in [-0.25, -0.2) is 9.78 Å². The number of rotatable bonds is 13. The van der Waals surface area contributed by atoms with Crippen LogP contribution in [-0.2, 0) is 9.59 Å². The van der Waals surface area contributed by atoms with E-state index in [2.05, 4.69) is 27.5 Å². The lowest BCUT2D eigenvalue weighted by molar-refractivity contribution is -0.149. The van der Waals surface area contributed by atoms with Crippen LogP contribution in [0.2, 0.25) is 0 Å². The minimum atomic E-state index is -1.04. The average molecular weight is 666 g/mol. The van der Waals surface area contributed by atoms with Gasteiger partial charge < -0.3 is 24.0 Å². The fourth-order valence-corrected chi connectivity index (χ4v) is 6.48. The summed E-state index contributed by atoms with van der Waals surface area (Å²) in [4.78, 5) is 33.1. The predicted octanol–water partition coefficient (Wildman–Crippen LogP) is 6.71. The maximum absolute atomic E-state index is 14.4. The second-order valence-electron chi connectivity index (χ2n) is 13.5. The van der Waals surface area contributed by atoms with Crippen molar-refractivity contribution in [1.82, 2.24) is 35.1 Å². The molecule has 2 N–H and O–H groups in total. The monoisotopic (exact) mass is 665 g/mol. The molecule has 0 spiro atoms. The van der Waals surface area contributed by atoms with E-state index in [1.54, 1.807) is 6.33 Å². The fraction of sp³-hybridized carbons (Fsp3) is 0.405. The van der Waals surface area contributed by atoms with E-state index in [0.717, 1.165) is 53.4 Å². The normalized spacial score (nSPS) is 16.9. The van der Waals surface area contributed by atoms with Crippen molar-refractivity contribution in [3.63, 3.8) is 0 Å². The van der Waals surface area contributed by atoms with Gasteiger partial charge in [-0.3, -0.25) is 4.79 Å². The number of aromatic nitrogens is 6. The summed E-state index contributed by atoms with van der Waals surface area (Å²) in [5.74, 6) is 0.520. The molecule has 0 radical (unpaired) electrons. The largest absolute Gasteiger partial charge is 0.488 e. The van der Waals surface area contributed by atoms with Crippen molar-refractivity contribution < 1.29 is 24.2 Å². The van der Waals surface area contributed by atoms with Crippen LogP contribution < -0.4 is 9.47 Å². The van der Waals surface area contributed by atoms with Crippen LogP contribution in [0, 0.1) is 0 Å². The SMILES string of the molecule is CCCCCCC(C(=O)N1CC(Oc2ccc(OC(C)(C)C)cc2)CC1C(=O)O)n1cnc2cc(-c3ccccc3-c3nn[nH]n3)ccc21. The second kappa shape index (κ2) is 14.5. The fourth-order valence-electron chi connectivity index (χ4n) is 6.48. The first-order chi connectivity index (χ1) is 23.6. The van der Waals surface area contributed by atoms with Gasteiger partial charge in [0.25, 0.3) is 0 Å². The Bertz CT molecular complexity index is 1880. The second-order valence-corrected chi connectivity index (χ2v) is 13.5. The zero-order valence-electron chi connectivity index (χ0n) is 28.4. The number of aromatic amines is 1. The molecule has 256 valence electrons. The van der Waals surface area contributed by atoms with Crippen LogP contribution in [0.15, 0.2) is 73.1 Å². The molecule has 0 bridgehead atoms. The molecule has 12 heteroatoms. The van der Waals surface area contributed by atoms with Crippen molar-refractivity contribution in [2.24, 2.45) is 0 Å². The summed E-state index contributed by atoms with van der Waals surface area (Å²) in [7, 11) is 0. The number of amides is 1. The summed E-state index contributed by atoms with van der Waals surface area (Å²) >= 11 is 0. The summed E-state index contributed by atoms with van der Waals surface area (Å²) < 4.78 is 14.0. The van der Waals surface area contributed by atoms with Crippen LogP contribution >= 0.6 is 0 Å². The number of ether oxygens (including phenoxy) is 2. The third-order valence-corrected chi connectivity index (χ3v) is 8.73. The van der Waals surface area contributed by atoms with Crippen LogP contribution in [0.25, 0.3) is 33.5 Å². The number of tetrazole rings is 1. The van der Waals surface area contributed by atoms with Gasteiger partial charge in [0.15, 0.2) is 0 Å². The molecule has 12 nitrogen and oxygen atoms in total. The molecule has 5 aromatic rings. The summed E-state index contributed by atoms with van der Waals surface area (Å²) in [6, 6.07) is 19.4.